The zero-order valence-electron chi connectivity index (χ0n) is 9.88. The van der Waals surface area contributed by atoms with Crippen molar-refractivity contribution in [2.45, 2.75) is 6.54 Å². The average Bonchev–Trinajstić information content (AvgIpc) is 2.58. The number of nitriles is 1. The number of amides is 4. The van der Waals surface area contributed by atoms with E-state index in [1.54, 1.807) is 6.07 Å². The standard InChI is InChI=1S/C12H8FN3O3/c1-15-10(17)11(18)16(12(15)19)6-7-2-3-9(13)8(4-7)5-14/h2-4H,6H2,1H3. The maximum atomic E-state index is 13.1. The molecular formula is C12H8FN3O3. The topological polar surface area (TPSA) is 81.5 Å². The molecule has 2 rings (SSSR count). The third-order valence-electron chi connectivity index (χ3n) is 2.74. The molecule has 0 aromatic heterocycles. The van der Waals surface area contributed by atoms with Crippen molar-refractivity contribution < 1.29 is 18.8 Å². The van der Waals surface area contributed by atoms with Gasteiger partial charge in [0.2, 0.25) is 0 Å². The molecule has 1 aromatic carbocycles. The van der Waals surface area contributed by atoms with E-state index in [-0.39, 0.29) is 12.1 Å². The minimum absolute atomic E-state index is 0.178. The summed E-state index contributed by atoms with van der Waals surface area (Å²) in [6, 6.07) is 4.58. The quantitative estimate of drug-likeness (QED) is 0.577. The molecule has 1 aliphatic rings. The van der Waals surface area contributed by atoms with Crippen LogP contribution in [0.4, 0.5) is 9.18 Å². The van der Waals surface area contributed by atoms with Crippen LogP contribution in [0, 0.1) is 17.1 Å². The van der Waals surface area contributed by atoms with Crippen LogP contribution in [0.2, 0.25) is 0 Å². The van der Waals surface area contributed by atoms with Gasteiger partial charge in [0.25, 0.3) is 0 Å². The van der Waals surface area contributed by atoms with Gasteiger partial charge in [0.1, 0.15) is 11.9 Å². The molecule has 0 spiro atoms. The molecule has 19 heavy (non-hydrogen) atoms. The Morgan fingerprint density at radius 2 is 1.95 bits per heavy atom. The molecular weight excluding hydrogens is 253 g/mol. The zero-order valence-corrected chi connectivity index (χ0v) is 9.88. The summed E-state index contributed by atoms with van der Waals surface area (Å²) < 4.78 is 13.1. The number of carbonyl (C=O) groups is 3. The Bertz CT molecular complexity index is 636. The number of nitrogens with zero attached hydrogens (tertiary/aromatic N) is 3. The van der Waals surface area contributed by atoms with Crippen molar-refractivity contribution in [2.24, 2.45) is 0 Å². The average molecular weight is 261 g/mol. The van der Waals surface area contributed by atoms with E-state index in [9.17, 15) is 18.8 Å². The monoisotopic (exact) mass is 261 g/mol. The molecule has 1 heterocycles. The fourth-order valence-corrected chi connectivity index (χ4v) is 1.69. The fourth-order valence-electron chi connectivity index (χ4n) is 1.69. The summed E-state index contributed by atoms with van der Waals surface area (Å²) in [5.41, 5.74) is 0.207. The maximum Gasteiger partial charge on any atom is 0.334 e. The van der Waals surface area contributed by atoms with Crippen LogP contribution in [-0.4, -0.2) is 34.7 Å². The molecule has 6 nitrogen and oxygen atoms in total. The molecule has 96 valence electrons. The van der Waals surface area contributed by atoms with Crippen LogP contribution in [0.25, 0.3) is 0 Å². The van der Waals surface area contributed by atoms with E-state index >= 15 is 0 Å². The van der Waals surface area contributed by atoms with Crippen LogP contribution in [-0.2, 0) is 16.1 Å². The second-order valence-corrected chi connectivity index (χ2v) is 3.96. The number of halogens is 1. The highest BCUT2D eigenvalue weighted by molar-refractivity contribution is 6.44. The Balaban J connectivity index is 2.28. The summed E-state index contributed by atoms with van der Waals surface area (Å²) in [4.78, 5) is 35.9. The van der Waals surface area contributed by atoms with Crippen LogP contribution in [0.15, 0.2) is 18.2 Å². The fraction of sp³-hybridized carbons (Fsp3) is 0.167. The van der Waals surface area contributed by atoms with Gasteiger partial charge in [-0.25, -0.2) is 9.18 Å². The van der Waals surface area contributed by atoms with Gasteiger partial charge < -0.3 is 0 Å². The third kappa shape index (κ3) is 2.04. The predicted octanol–water partition coefficient (Wildman–Crippen LogP) is 0.618. The van der Waals surface area contributed by atoms with Crippen LogP contribution < -0.4 is 0 Å². The molecule has 0 unspecified atom stereocenters. The molecule has 1 fully saturated rings. The lowest BCUT2D eigenvalue weighted by molar-refractivity contribution is -0.143. The zero-order chi connectivity index (χ0) is 14.2. The highest BCUT2D eigenvalue weighted by atomic mass is 19.1. The second kappa shape index (κ2) is 4.49. The second-order valence-electron chi connectivity index (χ2n) is 3.96. The smallest absolute Gasteiger partial charge is 0.263 e. The summed E-state index contributed by atoms with van der Waals surface area (Å²) in [6.07, 6.45) is 0. The van der Waals surface area contributed by atoms with Crippen molar-refractivity contribution >= 4 is 17.8 Å². The Labute approximate surface area is 107 Å². The summed E-state index contributed by atoms with van der Waals surface area (Å²) >= 11 is 0. The van der Waals surface area contributed by atoms with E-state index in [0.29, 0.717) is 10.5 Å². The predicted molar refractivity (Wildman–Crippen MR) is 59.8 cm³/mol. The summed E-state index contributed by atoms with van der Waals surface area (Å²) in [7, 11) is 1.20. The first-order valence-corrected chi connectivity index (χ1v) is 5.27. The molecule has 1 aromatic rings. The Morgan fingerprint density at radius 1 is 1.26 bits per heavy atom. The molecule has 0 atom stereocenters. The minimum atomic E-state index is -0.935. The first kappa shape index (κ1) is 12.7. The largest absolute Gasteiger partial charge is 0.334 e. The SMILES string of the molecule is CN1C(=O)C(=O)N(Cc2ccc(F)c(C#N)c2)C1=O. The van der Waals surface area contributed by atoms with Crippen molar-refractivity contribution in [1.29, 1.82) is 5.26 Å². The van der Waals surface area contributed by atoms with Gasteiger partial charge in [0.05, 0.1) is 12.1 Å². The lowest BCUT2D eigenvalue weighted by atomic mass is 10.1. The molecule has 7 heteroatoms. The van der Waals surface area contributed by atoms with Crippen molar-refractivity contribution in [3.63, 3.8) is 0 Å². The van der Waals surface area contributed by atoms with E-state index in [4.69, 9.17) is 5.26 Å². The summed E-state index contributed by atoms with van der Waals surface area (Å²) in [5, 5.41) is 8.69. The van der Waals surface area contributed by atoms with E-state index in [2.05, 4.69) is 0 Å². The Hall–Kier alpha value is -2.75. The number of imide groups is 2. The Kier molecular flexibility index (Phi) is 3.00. The van der Waals surface area contributed by atoms with Crippen molar-refractivity contribution in [1.82, 2.24) is 9.80 Å². The van der Waals surface area contributed by atoms with E-state index < -0.39 is 23.7 Å². The van der Waals surface area contributed by atoms with E-state index in [1.807, 2.05) is 0 Å². The van der Waals surface area contributed by atoms with E-state index in [0.717, 1.165) is 11.0 Å². The summed E-state index contributed by atoms with van der Waals surface area (Å²) in [6.45, 7) is -0.178. The normalized spacial score (nSPS) is 15.1. The van der Waals surface area contributed by atoms with Crippen LogP contribution in [0.1, 0.15) is 11.1 Å². The van der Waals surface area contributed by atoms with Crippen LogP contribution in [0.5, 0.6) is 0 Å². The van der Waals surface area contributed by atoms with Gasteiger partial charge in [0.15, 0.2) is 0 Å². The molecule has 0 aliphatic carbocycles. The summed E-state index contributed by atoms with van der Waals surface area (Å²) in [5.74, 6) is -2.53. The van der Waals surface area contributed by atoms with Crippen LogP contribution >= 0.6 is 0 Å². The van der Waals surface area contributed by atoms with Gasteiger partial charge in [0, 0.05) is 7.05 Å². The minimum Gasteiger partial charge on any atom is -0.263 e. The van der Waals surface area contributed by atoms with Gasteiger partial charge in [-0.05, 0) is 17.7 Å². The number of carbonyl (C=O) groups excluding carboxylic acids is 3. The van der Waals surface area contributed by atoms with Crippen LogP contribution in [0.3, 0.4) is 0 Å². The number of likely N-dealkylation sites (N-methyl/N-ethyl adjacent to an activating group) is 1. The number of hydrogen-bond donors (Lipinski definition) is 0. The maximum absolute atomic E-state index is 13.1. The molecule has 1 saturated heterocycles. The third-order valence-corrected chi connectivity index (χ3v) is 2.74. The Morgan fingerprint density at radius 3 is 2.47 bits per heavy atom. The van der Waals surface area contributed by atoms with E-state index in [1.165, 1.54) is 19.2 Å². The molecule has 0 radical (unpaired) electrons. The van der Waals surface area contributed by atoms with Gasteiger partial charge in [-0.2, -0.15) is 5.26 Å². The van der Waals surface area contributed by atoms with Gasteiger partial charge in [-0.3, -0.25) is 19.4 Å². The van der Waals surface area contributed by atoms with Gasteiger partial charge in [-0.15, -0.1) is 0 Å². The molecule has 0 saturated carbocycles. The number of benzene rings is 1. The highest BCUT2D eigenvalue weighted by Gasteiger charge is 2.41. The highest BCUT2D eigenvalue weighted by Crippen LogP contribution is 2.16. The van der Waals surface area contributed by atoms with Gasteiger partial charge >= 0.3 is 17.8 Å². The number of rotatable bonds is 2. The first-order valence-electron chi connectivity index (χ1n) is 5.27. The first-order chi connectivity index (χ1) is 8.95. The molecule has 0 bridgehead atoms. The van der Waals surface area contributed by atoms with Gasteiger partial charge in [-0.1, -0.05) is 6.07 Å². The lowest BCUT2D eigenvalue weighted by Gasteiger charge is -2.12. The van der Waals surface area contributed by atoms with Crippen molar-refractivity contribution in [2.75, 3.05) is 7.05 Å². The van der Waals surface area contributed by atoms with Crippen molar-refractivity contribution in [3.8, 4) is 6.07 Å². The molecule has 0 N–H and O–H groups in total. The molecule has 4 amide bonds. The van der Waals surface area contributed by atoms with Crippen molar-refractivity contribution in [3.05, 3.63) is 35.1 Å². The lowest BCUT2D eigenvalue weighted by Crippen LogP contribution is -2.31. The number of hydrogen-bond acceptors (Lipinski definition) is 4. The molecule has 1 aliphatic heterocycles. The number of urea groups is 1.